The van der Waals surface area contributed by atoms with Crippen molar-refractivity contribution in [1.82, 2.24) is 4.98 Å². The van der Waals surface area contributed by atoms with Gasteiger partial charge in [-0.1, -0.05) is 6.07 Å². The molecular formula is C22H18N2O4. The molecule has 1 aliphatic heterocycles. The lowest BCUT2D eigenvalue weighted by molar-refractivity contribution is -0.132. The van der Waals surface area contributed by atoms with Crippen molar-refractivity contribution < 1.29 is 19.1 Å². The number of aryl methyl sites for hydroxylation is 2. The molecule has 140 valence electrons. The summed E-state index contributed by atoms with van der Waals surface area (Å²) in [6, 6.07) is 11.3. The lowest BCUT2D eigenvalue weighted by atomic mass is 9.99. The number of furan rings is 1. The van der Waals surface area contributed by atoms with Crippen molar-refractivity contribution in [3.8, 4) is 0 Å². The highest BCUT2D eigenvalue weighted by Gasteiger charge is 2.48. The van der Waals surface area contributed by atoms with Crippen LogP contribution in [0.25, 0.3) is 5.76 Å². The summed E-state index contributed by atoms with van der Waals surface area (Å²) >= 11 is 0. The smallest absolute Gasteiger partial charge is 0.300 e. The van der Waals surface area contributed by atoms with E-state index < -0.39 is 17.7 Å². The van der Waals surface area contributed by atoms with Crippen LogP contribution >= 0.6 is 0 Å². The Morgan fingerprint density at radius 1 is 1.07 bits per heavy atom. The standard InChI is InChI=1S/C22H18N2O4/c1-13-10-14(2)12-16(11-13)24-19(17-4-3-9-28-17)18(21(26)22(24)27)20(25)15-5-7-23-8-6-15/h3-12,19,25H,1-2H3/b20-18-. The van der Waals surface area contributed by atoms with Crippen LogP contribution in [-0.2, 0) is 9.59 Å². The fraction of sp³-hybridized carbons (Fsp3) is 0.136. The number of aliphatic hydroxyl groups is 1. The summed E-state index contributed by atoms with van der Waals surface area (Å²) in [4.78, 5) is 31.2. The van der Waals surface area contributed by atoms with Gasteiger partial charge in [0.15, 0.2) is 0 Å². The summed E-state index contributed by atoms with van der Waals surface area (Å²) in [6.45, 7) is 3.85. The summed E-state index contributed by atoms with van der Waals surface area (Å²) < 4.78 is 5.54. The van der Waals surface area contributed by atoms with Gasteiger partial charge in [-0.25, -0.2) is 0 Å². The van der Waals surface area contributed by atoms with E-state index in [0.717, 1.165) is 11.1 Å². The number of carbonyl (C=O) groups is 2. The van der Waals surface area contributed by atoms with Gasteiger partial charge >= 0.3 is 0 Å². The first-order valence-electron chi connectivity index (χ1n) is 8.80. The first-order valence-corrected chi connectivity index (χ1v) is 8.80. The maximum absolute atomic E-state index is 13.0. The minimum absolute atomic E-state index is 0.00897. The molecule has 1 atom stereocenters. The molecule has 4 rings (SSSR count). The number of aromatic nitrogens is 1. The van der Waals surface area contributed by atoms with E-state index in [1.54, 1.807) is 24.3 Å². The van der Waals surface area contributed by atoms with Gasteiger partial charge < -0.3 is 9.52 Å². The molecule has 1 aromatic carbocycles. The number of hydrogen-bond acceptors (Lipinski definition) is 5. The minimum Gasteiger partial charge on any atom is -0.507 e. The van der Waals surface area contributed by atoms with Crippen LogP contribution in [-0.4, -0.2) is 21.8 Å². The number of aliphatic hydroxyl groups excluding tert-OH is 1. The topological polar surface area (TPSA) is 83.6 Å². The molecule has 1 amide bonds. The van der Waals surface area contributed by atoms with Gasteiger partial charge in [0.2, 0.25) is 0 Å². The molecule has 1 saturated heterocycles. The number of carbonyl (C=O) groups excluding carboxylic acids is 2. The van der Waals surface area contributed by atoms with E-state index in [9.17, 15) is 14.7 Å². The quantitative estimate of drug-likeness (QED) is 0.427. The molecule has 1 aliphatic rings. The summed E-state index contributed by atoms with van der Waals surface area (Å²) in [5.74, 6) is -1.32. The van der Waals surface area contributed by atoms with Crippen LogP contribution in [0.5, 0.6) is 0 Å². The summed E-state index contributed by atoms with van der Waals surface area (Å²) in [7, 11) is 0. The molecule has 0 bridgehead atoms. The Hall–Kier alpha value is -3.67. The SMILES string of the molecule is Cc1cc(C)cc(N2C(=O)C(=O)/C(=C(\O)c3ccncc3)C2c2ccco2)c1. The Bertz CT molecular complexity index is 1060. The van der Waals surface area contributed by atoms with Crippen LogP contribution in [0.1, 0.15) is 28.5 Å². The Balaban J connectivity index is 1.95. The molecule has 1 fully saturated rings. The molecule has 2 aromatic heterocycles. The number of Topliss-reactive ketones (excluding diaryl/α,β-unsaturated/α-hetero) is 1. The summed E-state index contributed by atoms with van der Waals surface area (Å²) in [5, 5.41) is 10.9. The second-order valence-electron chi connectivity index (χ2n) is 6.77. The summed E-state index contributed by atoms with van der Waals surface area (Å²) in [5.41, 5.74) is 2.90. The van der Waals surface area contributed by atoms with E-state index in [2.05, 4.69) is 4.98 Å². The Labute approximate surface area is 161 Å². The number of nitrogens with zero attached hydrogens (tertiary/aromatic N) is 2. The predicted molar refractivity (Wildman–Crippen MR) is 104 cm³/mol. The molecule has 3 heterocycles. The Morgan fingerprint density at radius 2 is 1.75 bits per heavy atom. The number of ketones is 1. The monoisotopic (exact) mass is 374 g/mol. The Morgan fingerprint density at radius 3 is 2.36 bits per heavy atom. The number of anilines is 1. The van der Waals surface area contributed by atoms with Crippen molar-refractivity contribution in [2.75, 3.05) is 4.90 Å². The van der Waals surface area contributed by atoms with Crippen molar-refractivity contribution in [3.63, 3.8) is 0 Å². The number of hydrogen-bond donors (Lipinski definition) is 1. The molecule has 28 heavy (non-hydrogen) atoms. The van der Waals surface area contributed by atoms with Gasteiger partial charge in [-0.15, -0.1) is 0 Å². The molecule has 0 aliphatic carbocycles. The number of pyridine rings is 1. The molecule has 6 nitrogen and oxygen atoms in total. The number of rotatable bonds is 3. The number of benzene rings is 1. The molecular weight excluding hydrogens is 356 g/mol. The first-order chi connectivity index (χ1) is 13.5. The fourth-order valence-electron chi connectivity index (χ4n) is 3.57. The fourth-order valence-corrected chi connectivity index (χ4v) is 3.57. The van der Waals surface area contributed by atoms with Crippen LogP contribution in [0.4, 0.5) is 5.69 Å². The van der Waals surface area contributed by atoms with Gasteiger partial charge in [-0.3, -0.25) is 19.5 Å². The van der Waals surface area contributed by atoms with Gasteiger partial charge in [0.1, 0.15) is 17.6 Å². The van der Waals surface area contributed by atoms with Crippen molar-refractivity contribution in [3.05, 3.63) is 89.1 Å². The summed E-state index contributed by atoms with van der Waals surface area (Å²) in [6.07, 6.45) is 4.50. The third-order valence-electron chi connectivity index (χ3n) is 4.70. The molecule has 6 heteroatoms. The second-order valence-corrected chi connectivity index (χ2v) is 6.77. The zero-order chi connectivity index (χ0) is 19.8. The van der Waals surface area contributed by atoms with Crippen LogP contribution in [0.3, 0.4) is 0 Å². The maximum Gasteiger partial charge on any atom is 0.300 e. The van der Waals surface area contributed by atoms with Crippen LogP contribution in [0, 0.1) is 13.8 Å². The molecule has 3 aromatic rings. The Kier molecular flexibility index (Phi) is 4.31. The molecule has 1 unspecified atom stereocenters. The highest BCUT2D eigenvalue weighted by atomic mass is 16.3. The zero-order valence-corrected chi connectivity index (χ0v) is 15.4. The largest absolute Gasteiger partial charge is 0.507 e. The maximum atomic E-state index is 13.0. The van der Waals surface area contributed by atoms with Gasteiger partial charge in [0.25, 0.3) is 11.7 Å². The van der Waals surface area contributed by atoms with Crippen LogP contribution < -0.4 is 4.90 Å². The van der Waals surface area contributed by atoms with E-state index in [1.807, 2.05) is 32.0 Å². The highest BCUT2D eigenvalue weighted by Crippen LogP contribution is 2.42. The van der Waals surface area contributed by atoms with Crippen LogP contribution in [0.15, 0.2) is 71.1 Å². The van der Waals surface area contributed by atoms with E-state index >= 15 is 0 Å². The number of amides is 1. The van der Waals surface area contributed by atoms with E-state index in [0.29, 0.717) is 17.0 Å². The highest BCUT2D eigenvalue weighted by molar-refractivity contribution is 6.51. The predicted octanol–water partition coefficient (Wildman–Crippen LogP) is 3.92. The van der Waals surface area contributed by atoms with Gasteiger partial charge in [0.05, 0.1) is 11.8 Å². The van der Waals surface area contributed by atoms with Gasteiger partial charge in [-0.05, 0) is 61.4 Å². The third kappa shape index (κ3) is 2.89. The van der Waals surface area contributed by atoms with E-state index in [4.69, 9.17) is 4.42 Å². The van der Waals surface area contributed by atoms with Gasteiger partial charge in [0, 0.05) is 23.6 Å². The zero-order valence-electron chi connectivity index (χ0n) is 15.4. The normalized spacial score (nSPS) is 18.6. The second kappa shape index (κ2) is 6.81. The molecule has 1 N–H and O–H groups in total. The average molecular weight is 374 g/mol. The molecule has 0 radical (unpaired) electrons. The van der Waals surface area contributed by atoms with Gasteiger partial charge in [-0.2, -0.15) is 0 Å². The van der Waals surface area contributed by atoms with Crippen molar-refractivity contribution in [1.29, 1.82) is 0 Å². The third-order valence-corrected chi connectivity index (χ3v) is 4.70. The lowest BCUT2D eigenvalue weighted by Crippen LogP contribution is -2.29. The first kappa shape index (κ1) is 17.7. The molecule has 0 spiro atoms. The minimum atomic E-state index is -0.857. The average Bonchev–Trinajstić information content (AvgIpc) is 3.28. The van der Waals surface area contributed by atoms with E-state index in [-0.39, 0.29) is 11.3 Å². The van der Waals surface area contributed by atoms with Crippen LogP contribution in [0.2, 0.25) is 0 Å². The molecule has 0 saturated carbocycles. The lowest BCUT2D eigenvalue weighted by Gasteiger charge is -2.24. The van der Waals surface area contributed by atoms with Crippen molar-refractivity contribution in [2.45, 2.75) is 19.9 Å². The van der Waals surface area contributed by atoms with Crippen molar-refractivity contribution >= 4 is 23.1 Å². The van der Waals surface area contributed by atoms with Crippen molar-refractivity contribution in [2.24, 2.45) is 0 Å². The van der Waals surface area contributed by atoms with E-state index in [1.165, 1.54) is 23.6 Å².